The third-order valence-corrected chi connectivity index (χ3v) is 10.5. The summed E-state index contributed by atoms with van der Waals surface area (Å²) in [4.78, 5) is 13.2. The van der Waals surface area contributed by atoms with Crippen molar-refractivity contribution < 1.29 is 79.2 Å². The second-order valence-corrected chi connectivity index (χ2v) is 14.3. The first kappa shape index (κ1) is 42.1. The minimum Gasteiger partial charge on any atom is -0.394 e. The minimum absolute atomic E-state index is 0.0987. The van der Waals surface area contributed by atoms with Crippen molar-refractivity contribution in [3.8, 4) is 0 Å². The number of nitrogens with two attached hydrogens (primary N) is 5. The fourth-order valence-electron chi connectivity index (χ4n) is 7.37. The van der Waals surface area contributed by atoms with Gasteiger partial charge in [-0.2, -0.15) is 0 Å². The highest BCUT2D eigenvalue weighted by Crippen LogP contribution is 2.36. The summed E-state index contributed by atoms with van der Waals surface area (Å²) < 4.78 is 34.9. The van der Waals surface area contributed by atoms with E-state index in [1.165, 1.54) is 0 Å². The van der Waals surface area contributed by atoms with Crippen molar-refractivity contribution in [3.63, 3.8) is 0 Å². The van der Waals surface area contributed by atoms with Gasteiger partial charge in [0.25, 0.3) is 5.91 Å². The molecule has 0 bridgehead atoms. The lowest BCUT2D eigenvalue weighted by molar-refractivity contribution is -0.311. The molecule has 53 heavy (non-hydrogen) atoms. The van der Waals surface area contributed by atoms with Crippen molar-refractivity contribution in [3.05, 3.63) is 0 Å². The topological polar surface area (TPSA) is 433 Å². The van der Waals surface area contributed by atoms with E-state index in [-0.39, 0.29) is 31.8 Å². The first-order valence-corrected chi connectivity index (χ1v) is 17.3. The number of hydrogen-bond acceptors (Lipinski definition) is 21. The molecule has 0 radical (unpaired) electrons. The van der Waals surface area contributed by atoms with Crippen molar-refractivity contribution in [1.29, 1.82) is 5.41 Å². The number of rotatable bonds is 12. The largest absolute Gasteiger partial charge is 0.394 e. The second kappa shape index (κ2) is 17.0. The smallest absolute Gasteiger partial charge is 0.252 e. The van der Waals surface area contributed by atoms with E-state index >= 15 is 0 Å². The quantitative estimate of drug-likeness (QED) is 0.0647. The van der Waals surface area contributed by atoms with Gasteiger partial charge in [0.05, 0.1) is 31.3 Å². The molecule has 2 aliphatic carbocycles. The number of carbonyl (C=O) groups is 1. The first-order chi connectivity index (χ1) is 24.9. The van der Waals surface area contributed by atoms with Gasteiger partial charge in [0.15, 0.2) is 24.8 Å². The lowest BCUT2D eigenvalue weighted by Gasteiger charge is -2.48. The molecule has 3 aliphatic heterocycles. The maximum atomic E-state index is 13.2. The van der Waals surface area contributed by atoms with E-state index in [0.29, 0.717) is 0 Å². The van der Waals surface area contributed by atoms with Crippen LogP contribution in [0.3, 0.4) is 0 Å². The molecule has 19 atom stereocenters. The molecule has 0 aromatic rings. The molecule has 0 aromatic carbocycles. The Hall–Kier alpha value is -2.02. The van der Waals surface area contributed by atoms with E-state index in [2.05, 4.69) is 10.6 Å². The minimum atomic E-state index is -1.88. The summed E-state index contributed by atoms with van der Waals surface area (Å²) in [5, 5.41) is 108. The Labute approximate surface area is 302 Å². The van der Waals surface area contributed by atoms with Gasteiger partial charge < -0.3 is 114 Å². The number of carbonyl (C=O) groups excluding carboxylic acids is 1. The average molecular weight is 771 g/mol. The molecule has 0 unspecified atom stereocenters. The molecule has 5 fully saturated rings. The lowest BCUT2D eigenvalue weighted by Crippen LogP contribution is -2.70. The predicted molar refractivity (Wildman–Crippen MR) is 173 cm³/mol. The molecule has 306 valence electrons. The first-order valence-electron chi connectivity index (χ1n) is 17.3. The average Bonchev–Trinajstić information content (AvgIpc) is 3.40. The molecule has 0 aromatic heterocycles. The van der Waals surface area contributed by atoms with Crippen LogP contribution < -0.4 is 39.3 Å². The van der Waals surface area contributed by atoms with Crippen molar-refractivity contribution in [2.24, 2.45) is 28.7 Å². The molecule has 24 nitrogen and oxygen atoms in total. The third-order valence-electron chi connectivity index (χ3n) is 10.5. The number of aliphatic hydroxyl groups excluding tert-OH is 8. The summed E-state index contributed by atoms with van der Waals surface area (Å²) in [6, 6.07) is -5.51. The molecule has 3 heterocycles. The summed E-state index contributed by atoms with van der Waals surface area (Å²) in [6.07, 6.45) is -22.9. The number of guanidine groups is 1. The van der Waals surface area contributed by atoms with Gasteiger partial charge in [-0.25, -0.2) is 0 Å². The van der Waals surface area contributed by atoms with Crippen LogP contribution in [0.25, 0.3) is 0 Å². The molecule has 3 saturated heterocycles. The Morgan fingerprint density at radius 2 is 1.23 bits per heavy atom. The van der Waals surface area contributed by atoms with Crippen LogP contribution in [0.5, 0.6) is 0 Å². The molecular formula is C29H54N8O16. The number of amides is 1. The van der Waals surface area contributed by atoms with Crippen molar-refractivity contribution in [2.75, 3.05) is 19.8 Å². The Morgan fingerprint density at radius 1 is 0.717 bits per heavy atom. The summed E-state index contributed by atoms with van der Waals surface area (Å²) in [5.74, 6) is -1.21. The fourth-order valence-corrected chi connectivity index (χ4v) is 7.37. The molecule has 22 N–H and O–H groups in total. The van der Waals surface area contributed by atoms with Gasteiger partial charge in [-0.3, -0.25) is 10.2 Å². The molecule has 5 rings (SSSR count). The maximum Gasteiger partial charge on any atom is 0.252 e. The van der Waals surface area contributed by atoms with Crippen LogP contribution in [0.1, 0.15) is 19.3 Å². The van der Waals surface area contributed by atoms with Gasteiger partial charge in [-0.05, 0) is 6.42 Å². The van der Waals surface area contributed by atoms with Crippen LogP contribution >= 0.6 is 0 Å². The molecule has 24 heteroatoms. The Balaban J connectivity index is 1.36. The van der Waals surface area contributed by atoms with E-state index in [0.717, 1.165) is 0 Å². The summed E-state index contributed by atoms with van der Waals surface area (Å²) in [5.41, 5.74) is 27.7. The lowest BCUT2D eigenvalue weighted by atomic mass is 9.74. The molecule has 5 aliphatic rings. The van der Waals surface area contributed by atoms with Gasteiger partial charge >= 0.3 is 0 Å². The summed E-state index contributed by atoms with van der Waals surface area (Å²) in [6.45, 7) is -1.70. The zero-order valence-corrected chi connectivity index (χ0v) is 28.6. The van der Waals surface area contributed by atoms with E-state index < -0.39 is 147 Å². The highest BCUT2D eigenvalue weighted by Gasteiger charge is 2.56. The predicted octanol–water partition coefficient (Wildman–Crippen LogP) is -10.3. The van der Waals surface area contributed by atoms with Crippen LogP contribution in [0, 0.1) is 5.41 Å². The van der Waals surface area contributed by atoms with E-state index in [4.69, 9.17) is 62.5 Å². The van der Waals surface area contributed by atoms with Gasteiger partial charge in [-0.15, -0.1) is 0 Å². The third kappa shape index (κ3) is 8.55. The SMILES string of the molecule is N=C(N)NC1CC(O)(C(=O)N[C@@H]2C[C@H](N)[C@@H](O[C@H]3O[C@H](CO)[C@@H](O)[C@H](O)[C@H]3N)[C@H](O[C@@H]3O[C@H](CO)[C@@H](O[C@H]4O[C@@H](CN)[C@@H](O)[C@H](O)[C@H]4N)[C@H]3O)[C@H]2O)C1. The fraction of sp³-hybridized carbons (Fsp3) is 0.931. The van der Waals surface area contributed by atoms with Crippen LogP contribution in [0.2, 0.25) is 0 Å². The number of nitrogens with one attached hydrogen (secondary N) is 3. The molecular weight excluding hydrogens is 716 g/mol. The highest BCUT2D eigenvalue weighted by atomic mass is 16.8. The Morgan fingerprint density at radius 3 is 1.77 bits per heavy atom. The Kier molecular flexibility index (Phi) is 13.5. The molecule has 1 amide bonds. The highest BCUT2D eigenvalue weighted by molar-refractivity contribution is 5.87. The zero-order valence-electron chi connectivity index (χ0n) is 28.6. The molecule has 2 saturated carbocycles. The van der Waals surface area contributed by atoms with Crippen LogP contribution in [0.4, 0.5) is 0 Å². The van der Waals surface area contributed by atoms with E-state index in [1.807, 2.05) is 0 Å². The van der Waals surface area contributed by atoms with Gasteiger partial charge in [0, 0.05) is 31.5 Å². The van der Waals surface area contributed by atoms with Gasteiger partial charge in [-0.1, -0.05) is 0 Å². The number of aliphatic hydroxyl groups is 9. The summed E-state index contributed by atoms with van der Waals surface area (Å²) in [7, 11) is 0. The number of hydrogen-bond donors (Lipinski definition) is 17. The van der Waals surface area contributed by atoms with Crippen LogP contribution in [0.15, 0.2) is 0 Å². The Bertz CT molecular complexity index is 1260. The monoisotopic (exact) mass is 770 g/mol. The van der Waals surface area contributed by atoms with Crippen LogP contribution in [-0.4, -0.2) is 206 Å². The second-order valence-electron chi connectivity index (χ2n) is 14.3. The number of ether oxygens (including phenoxy) is 6. The maximum absolute atomic E-state index is 13.2. The molecule has 0 spiro atoms. The van der Waals surface area contributed by atoms with Gasteiger partial charge in [0.2, 0.25) is 0 Å². The van der Waals surface area contributed by atoms with E-state index in [9.17, 15) is 50.8 Å². The van der Waals surface area contributed by atoms with Crippen molar-refractivity contribution in [1.82, 2.24) is 10.6 Å². The summed E-state index contributed by atoms with van der Waals surface area (Å²) >= 11 is 0. The van der Waals surface area contributed by atoms with Gasteiger partial charge in [0.1, 0.15) is 78.8 Å². The van der Waals surface area contributed by atoms with E-state index in [1.54, 1.807) is 0 Å². The van der Waals surface area contributed by atoms with Crippen molar-refractivity contribution >= 4 is 11.9 Å². The van der Waals surface area contributed by atoms with Crippen LogP contribution in [-0.2, 0) is 33.2 Å². The zero-order chi connectivity index (χ0) is 39.1. The van der Waals surface area contributed by atoms with Crippen molar-refractivity contribution in [2.45, 2.75) is 147 Å². The normalized spacial score (nSPS) is 50.3. The standard InChI is InChI=1S/C29H54N8O16/c30-4-10-16(41)18(43)13(32)24(48-10)52-22-12(6-39)50-26(20(22)45)53-23-15(40)9(37-27(46)29(47)2-7(3-29)36-28(34)35)1-8(31)21(23)51-25-14(33)19(44)17(42)11(5-38)49-25/h7-26,38-45,47H,1-6,30-33H2,(H,37,46)(H4,34,35,36)/t7?,8-,9+,10-,11+,12+,13+,14+,15-,16+,17+,18+,19+,20+,21+,22+,23+,24+,25+,26-,29?/m0/s1.